The minimum Gasteiger partial charge on any atom is -0.388 e. The molecule has 1 aromatic heterocycles. The average Bonchev–Trinajstić information content (AvgIpc) is 2.80. The monoisotopic (exact) mass is 387 g/mol. The van der Waals surface area contributed by atoms with Gasteiger partial charge in [0.25, 0.3) is 5.91 Å². The number of aromatic nitrogens is 2. The van der Waals surface area contributed by atoms with E-state index >= 15 is 0 Å². The lowest BCUT2D eigenvalue weighted by molar-refractivity contribution is 0.0933. The second-order valence-corrected chi connectivity index (χ2v) is 7.22. The number of piperidine rings is 1. The van der Waals surface area contributed by atoms with Crippen LogP contribution in [0, 0.1) is 0 Å². The average molecular weight is 387 g/mol. The van der Waals surface area contributed by atoms with Gasteiger partial charge >= 0.3 is 0 Å². The van der Waals surface area contributed by atoms with Gasteiger partial charge in [-0.3, -0.25) is 4.79 Å². The zero-order chi connectivity index (χ0) is 20.1. The first kappa shape index (κ1) is 18.9. The highest BCUT2D eigenvalue weighted by atomic mass is 16.1. The number of rotatable bonds is 5. The highest BCUT2D eigenvalue weighted by Gasteiger charge is 2.23. The summed E-state index contributed by atoms with van der Waals surface area (Å²) in [7, 11) is 1.90. The standard InChI is InChI=1S/C23H25N5O/c1-24-20-10-8-17(9-11-20)18-5-2-6-19(15-18)22(29)27-21-7-3-14-28(16-21)23-25-12-4-13-26-23/h2,4-6,8-13,15,21,24H,3,7,14,16H2,1H3,(H,27,29)/t21-/m1/s1. The summed E-state index contributed by atoms with van der Waals surface area (Å²) >= 11 is 0. The van der Waals surface area contributed by atoms with E-state index in [1.54, 1.807) is 12.4 Å². The maximum absolute atomic E-state index is 12.9. The molecule has 6 heteroatoms. The fraction of sp³-hybridized carbons (Fsp3) is 0.261. The van der Waals surface area contributed by atoms with E-state index in [-0.39, 0.29) is 11.9 Å². The molecule has 1 aliphatic heterocycles. The molecule has 2 N–H and O–H groups in total. The van der Waals surface area contributed by atoms with Crippen molar-refractivity contribution in [3.63, 3.8) is 0 Å². The third-order valence-corrected chi connectivity index (χ3v) is 5.22. The molecule has 4 rings (SSSR count). The lowest BCUT2D eigenvalue weighted by Crippen LogP contribution is -2.48. The van der Waals surface area contributed by atoms with Crippen LogP contribution in [0.1, 0.15) is 23.2 Å². The molecular weight excluding hydrogens is 362 g/mol. The van der Waals surface area contributed by atoms with Crippen molar-refractivity contribution in [2.75, 3.05) is 30.4 Å². The Morgan fingerprint density at radius 3 is 2.59 bits per heavy atom. The van der Waals surface area contributed by atoms with Gasteiger partial charge in [0.15, 0.2) is 0 Å². The molecule has 0 unspecified atom stereocenters. The van der Waals surface area contributed by atoms with Crippen LogP contribution in [0.4, 0.5) is 11.6 Å². The second-order valence-electron chi connectivity index (χ2n) is 7.22. The van der Waals surface area contributed by atoms with E-state index in [4.69, 9.17) is 0 Å². The minimum atomic E-state index is -0.0421. The largest absolute Gasteiger partial charge is 0.388 e. The Labute approximate surface area is 171 Å². The molecule has 1 amide bonds. The highest BCUT2D eigenvalue weighted by molar-refractivity contribution is 5.95. The number of amides is 1. The fourth-order valence-electron chi connectivity index (χ4n) is 3.67. The molecule has 148 valence electrons. The Morgan fingerprint density at radius 2 is 1.83 bits per heavy atom. The molecule has 1 fully saturated rings. The van der Waals surface area contributed by atoms with E-state index in [9.17, 15) is 4.79 Å². The minimum absolute atomic E-state index is 0.0421. The number of hydrogen-bond donors (Lipinski definition) is 2. The molecule has 1 aliphatic rings. The van der Waals surface area contributed by atoms with Crippen molar-refractivity contribution in [3.05, 3.63) is 72.6 Å². The summed E-state index contributed by atoms with van der Waals surface area (Å²) in [4.78, 5) is 23.7. The molecule has 0 radical (unpaired) electrons. The maximum Gasteiger partial charge on any atom is 0.251 e. The predicted molar refractivity (Wildman–Crippen MR) is 116 cm³/mol. The normalized spacial score (nSPS) is 16.3. The van der Waals surface area contributed by atoms with Gasteiger partial charge in [0.1, 0.15) is 0 Å². The van der Waals surface area contributed by atoms with Crippen molar-refractivity contribution >= 4 is 17.5 Å². The van der Waals surface area contributed by atoms with E-state index in [1.807, 2.05) is 49.5 Å². The zero-order valence-electron chi connectivity index (χ0n) is 16.5. The quantitative estimate of drug-likeness (QED) is 0.700. The first-order valence-corrected chi connectivity index (χ1v) is 9.94. The molecule has 0 saturated carbocycles. The van der Waals surface area contributed by atoms with Crippen LogP contribution >= 0.6 is 0 Å². The third-order valence-electron chi connectivity index (χ3n) is 5.22. The van der Waals surface area contributed by atoms with Crippen molar-refractivity contribution in [1.29, 1.82) is 0 Å². The molecule has 1 saturated heterocycles. The summed E-state index contributed by atoms with van der Waals surface area (Å²) in [6.07, 6.45) is 5.46. The van der Waals surface area contributed by atoms with Gasteiger partial charge in [-0.05, 0) is 54.3 Å². The Hall–Kier alpha value is -3.41. The molecule has 1 atom stereocenters. The Balaban J connectivity index is 1.44. The van der Waals surface area contributed by atoms with Gasteiger partial charge in [-0.2, -0.15) is 0 Å². The molecule has 6 nitrogen and oxygen atoms in total. The molecule has 2 heterocycles. The van der Waals surface area contributed by atoms with Gasteiger partial charge in [0, 0.05) is 49.8 Å². The van der Waals surface area contributed by atoms with Gasteiger partial charge in [-0.25, -0.2) is 9.97 Å². The maximum atomic E-state index is 12.9. The van der Waals surface area contributed by atoms with Crippen LogP contribution in [-0.2, 0) is 0 Å². The van der Waals surface area contributed by atoms with Gasteiger partial charge in [-0.15, -0.1) is 0 Å². The third kappa shape index (κ3) is 4.54. The van der Waals surface area contributed by atoms with E-state index in [0.717, 1.165) is 48.7 Å². The summed E-state index contributed by atoms with van der Waals surface area (Å²) in [5.74, 6) is 0.679. The summed E-state index contributed by atoms with van der Waals surface area (Å²) in [6.45, 7) is 1.63. The number of hydrogen-bond acceptors (Lipinski definition) is 5. The van der Waals surface area contributed by atoms with Crippen LogP contribution in [0.3, 0.4) is 0 Å². The van der Waals surface area contributed by atoms with E-state index in [1.165, 1.54) is 0 Å². The number of nitrogens with zero attached hydrogens (tertiary/aromatic N) is 3. The number of carbonyl (C=O) groups excluding carboxylic acids is 1. The SMILES string of the molecule is CNc1ccc(-c2cccc(C(=O)N[C@@H]3CCCN(c4ncccn4)C3)c2)cc1. The van der Waals surface area contributed by atoms with E-state index in [2.05, 4.69) is 37.6 Å². The number of anilines is 2. The van der Waals surface area contributed by atoms with Gasteiger partial charge in [-0.1, -0.05) is 24.3 Å². The second kappa shape index (κ2) is 8.73. The van der Waals surface area contributed by atoms with Crippen molar-refractivity contribution in [1.82, 2.24) is 15.3 Å². The first-order chi connectivity index (χ1) is 14.2. The van der Waals surface area contributed by atoms with Crippen molar-refractivity contribution in [2.45, 2.75) is 18.9 Å². The lowest BCUT2D eigenvalue weighted by atomic mass is 10.0. The van der Waals surface area contributed by atoms with Gasteiger partial charge in [0.05, 0.1) is 0 Å². The summed E-state index contributed by atoms with van der Waals surface area (Å²) in [5.41, 5.74) is 3.85. The van der Waals surface area contributed by atoms with Crippen molar-refractivity contribution in [3.8, 4) is 11.1 Å². The van der Waals surface area contributed by atoms with Crippen LogP contribution in [0.2, 0.25) is 0 Å². The van der Waals surface area contributed by atoms with E-state index in [0.29, 0.717) is 5.56 Å². The highest BCUT2D eigenvalue weighted by Crippen LogP contribution is 2.23. The molecule has 0 aliphatic carbocycles. The van der Waals surface area contributed by atoms with Crippen LogP contribution in [-0.4, -0.2) is 42.1 Å². The molecule has 0 bridgehead atoms. The lowest BCUT2D eigenvalue weighted by Gasteiger charge is -2.33. The Bertz CT molecular complexity index is 959. The predicted octanol–water partition coefficient (Wildman–Crippen LogP) is 3.58. The van der Waals surface area contributed by atoms with Crippen LogP contribution < -0.4 is 15.5 Å². The molecule has 3 aromatic rings. The zero-order valence-corrected chi connectivity index (χ0v) is 16.5. The smallest absolute Gasteiger partial charge is 0.251 e. The van der Waals surface area contributed by atoms with Gasteiger partial charge < -0.3 is 15.5 Å². The Kier molecular flexibility index (Phi) is 5.70. The van der Waals surface area contributed by atoms with Crippen LogP contribution in [0.5, 0.6) is 0 Å². The fourth-order valence-corrected chi connectivity index (χ4v) is 3.67. The topological polar surface area (TPSA) is 70.2 Å². The summed E-state index contributed by atoms with van der Waals surface area (Å²) < 4.78 is 0. The van der Waals surface area contributed by atoms with Crippen LogP contribution in [0.25, 0.3) is 11.1 Å². The number of carbonyl (C=O) groups is 1. The summed E-state index contributed by atoms with van der Waals surface area (Å²) in [5, 5.41) is 6.30. The Morgan fingerprint density at radius 1 is 1.03 bits per heavy atom. The molecular formula is C23H25N5O. The first-order valence-electron chi connectivity index (χ1n) is 9.94. The van der Waals surface area contributed by atoms with E-state index < -0.39 is 0 Å². The van der Waals surface area contributed by atoms with Crippen LogP contribution in [0.15, 0.2) is 67.0 Å². The van der Waals surface area contributed by atoms with Crippen molar-refractivity contribution < 1.29 is 4.79 Å². The molecule has 29 heavy (non-hydrogen) atoms. The van der Waals surface area contributed by atoms with Gasteiger partial charge in [0.2, 0.25) is 5.95 Å². The van der Waals surface area contributed by atoms with Crippen molar-refractivity contribution in [2.24, 2.45) is 0 Å². The molecule has 0 spiro atoms. The molecule has 2 aromatic carbocycles. The summed E-state index contributed by atoms with van der Waals surface area (Å²) in [6, 6.07) is 17.8. The number of benzene rings is 2. The number of nitrogens with one attached hydrogen (secondary N) is 2.